The molecule has 0 atom stereocenters. The summed E-state index contributed by atoms with van der Waals surface area (Å²) in [4.78, 5) is 17.3. The SMILES string of the molecule is COc1cc2c(cc1NC(=O)Cn1c(C)nc3ccccc31)oc1ccccc12. The van der Waals surface area contributed by atoms with Crippen molar-refractivity contribution in [1.29, 1.82) is 0 Å². The van der Waals surface area contributed by atoms with E-state index < -0.39 is 0 Å². The van der Waals surface area contributed by atoms with E-state index in [0.717, 1.165) is 33.2 Å². The van der Waals surface area contributed by atoms with Crippen molar-refractivity contribution in [3.05, 3.63) is 66.5 Å². The van der Waals surface area contributed by atoms with Crippen molar-refractivity contribution in [1.82, 2.24) is 9.55 Å². The Kier molecular flexibility index (Phi) is 3.98. The van der Waals surface area contributed by atoms with E-state index in [-0.39, 0.29) is 12.5 Å². The van der Waals surface area contributed by atoms with Crippen molar-refractivity contribution in [2.45, 2.75) is 13.5 Å². The lowest BCUT2D eigenvalue weighted by Crippen LogP contribution is -2.19. The van der Waals surface area contributed by atoms with Crippen molar-refractivity contribution in [3.63, 3.8) is 0 Å². The molecule has 5 aromatic rings. The number of aryl methyl sites for hydroxylation is 1. The van der Waals surface area contributed by atoms with E-state index in [1.165, 1.54) is 0 Å². The molecule has 6 heteroatoms. The average molecular weight is 385 g/mol. The number of rotatable bonds is 4. The number of para-hydroxylation sites is 3. The first-order valence-corrected chi connectivity index (χ1v) is 9.35. The molecule has 0 aliphatic rings. The highest BCUT2D eigenvalue weighted by Gasteiger charge is 2.16. The van der Waals surface area contributed by atoms with E-state index in [0.29, 0.717) is 17.0 Å². The zero-order valence-corrected chi connectivity index (χ0v) is 16.1. The van der Waals surface area contributed by atoms with E-state index >= 15 is 0 Å². The number of nitrogens with zero attached hydrogens (tertiary/aromatic N) is 2. The fourth-order valence-corrected chi connectivity index (χ4v) is 3.75. The average Bonchev–Trinajstić information content (AvgIpc) is 3.24. The lowest BCUT2D eigenvalue weighted by molar-refractivity contribution is -0.116. The van der Waals surface area contributed by atoms with Crippen molar-refractivity contribution < 1.29 is 13.9 Å². The Labute approximate surface area is 166 Å². The van der Waals surface area contributed by atoms with Crippen molar-refractivity contribution in [3.8, 4) is 5.75 Å². The summed E-state index contributed by atoms with van der Waals surface area (Å²) in [6.07, 6.45) is 0. The molecular formula is C23H19N3O3. The highest BCUT2D eigenvalue weighted by molar-refractivity contribution is 6.07. The number of anilines is 1. The van der Waals surface area contributed by atoms with Crippen LogP contribution in [0.2, 0.25) is 0 Å². The van der Waals surface area contributed by atoms with Crippen LogP contribution in [0.1, 0.15) is 5.82 Å². The van der Waals surface area contributed by atoms with Crippen LogP contribution in [0.5, 0.6) is 5.75 Å². The maximum Gasteiger partial charge on any atom is 0.244 e. The van der Waals surface area contributed by atoms with Crippen molar-refractivity contribution in [2.75, 3.05) is 12.4 Å². The fraction of sp³-hybridized carbons (Fsp3) is 0.130. The number of carbonyl (C=O) groups is 1. The minimum Gasteiger partial charge on any atom is -0.495 e. The second-order valence-corrected chi connectivity index (χ2v) is 6.93. The maximum atomic E-state index is 12.8. The van der Waals surface area contributed by atoms with E-state index in [4.69, 9.17) is 9.15 Å². The Morgan fingerprint density at radius 1 is 1.07 bits per heavy atom. The quantitative estimate of drug-likeness (QED) is 0.478. The van der Waals surface area contributed by atoms with Gasteiger partial charge in [0.05, 0.1) is 23.8 Å². The lowest BCUT2D eigenvalue weighted by Gasteiger charge is -2.12. The molecule has 1 amide bonds. The summed E-state index contributed by atoms with van der Waals surface area (Å²) in [5.41, 5.74) is 3.88. The Morgan fingerprint density at radius 2 is 1.86 bits per heavy atom. The molecule has 0 spiro atoms. The molecule has 0 bridgehead atoms. The molecule has 0 saturated carbocycles. The van der Waals surface area contributed by atoms with Gasteiger partial charge in [-0.25, -0.2) is 4.98 Å². The van der Waals surface area contributed by atoms with Crippen LogP contribution in [0.25, 0.3) is 33.0 Å². The monoisotopic (exact) mass is 385 g/mol. The first-order valence-electron chi connectivity index (χ1n) is 9.35. The van der Waals surface area contributed by atoms with Gasteiger partial charge in [0.15, 0.2) is 0 Å². The van der Waals surface area contributed by atoms with Crippen LogP contribution in [0, 0.1) is 6.92 Å². The van der Waals surface area contributed by atoms with Crippen LogP contribution in [0.4, 0.5) is 5.69 Å². The minimum atomic E-state index is -0.162. The first kappa shape index (κ1) is 17.3. The van der Waals surface area contributed by atoms with Gasteiger partial charge in [-0.3, -0.25) is 4.79 Å². The van der Waals surface area contributed by atoms with Crippen LogP contribution < -0.4 is 10.1 Å². The number of hydrogen-bond donors (Lipinski definition) is 1. The fourth-order valence-electron chi connectivity index (χ4n) is 3.75. The Hall–Kier alpha value is -3.80. The third kappa shape index (κ3) is 2.89. The van der Waals surface area contributed by atoms with Crippen LogP contribution in [-0.4, -0.2) is 22.6 Å². The topological polar surface area (TPSA) is 69.3 Å². The molecule has 0 unspecified atom stereocenters. The number of amides is 1. The normalized spacial score (nSPS) is 11.4. The standard InChI is InChI=1S/C23H19N3O3/c1-14-24-17-8-4-5-9-19(17)26(14)13-23(27)25-18-12-21-16(11-22(18)28-2)15-7-3-6-10-20(15)29-21/h3-12H,13H2,1-2H3,(H,25,27). The lowest BCUT2D eigenvalue weighted by atomic mass is 10.1. The molecule has 2 aromatic heterocycles. The van der Waals surface area contributed by atoms with E-state index in [1.54, 1.807) is 7.11 Å². The van der Waals surface area contributed by atoms with Crippen LogP contribution in [-0.2, 0) is 11.3 Å². The number of imidazole rings is 1. The first-order chi connectivity index (χ1) is 14.1. The van der Waals surface area contributed by atoms with Gasteiger partial charge in [-0.15, -0.1) is 0 Å². The zero-order chi connectivity index (χ0) is 20.0. The van der Waals surface area contributed by atoms with Gasteiger partial charge in [0.2, 0.25) is 5.91 Å². The molecule has 3 aromatic carbocycles. The molecule has 0 radical (unpaired) electrons. The van der Waals surface area contributed by atoms with E-state index in [2.05, 4.69) is 10.3 Å². The Balaban J connectivity index is 1.49. The third-order valence-electron chi connectivity index (χ3n) is 5.12. The van der Waals surface area contributed by atoms with Gasteiger partial charge in [-0.05, 0) is 31.2 Å². The predicted molar refractivity (Wildman–Crippen MR) is 113 cm³/mol. The van der Waals surface area contributed by atoms with Crippen LogP contribution in [0.3, 0.4) is 0 Å². The Morgan fingerprint density at radius 3 is 2.72 bits per heavy atom. The highest BCUT2D eigenvalue weighted by Crippen LogP contribution is 2.36. The van der Waals surface area contributed by atoms with Crippen LogP contribution in [0.15, 0.2) is 65.1 Å². The largest absolute Gasteiger partial charge is 0.495 e. The summed E-state index contributed by atoms with van der Waals surface area (Å²) in [6, 6.07) is 19.3. The van der Waals surface area contributed by atoms with Gasteiger partial charge in [-0.2, -0.15) is 0 Å². The highest BCUT2D eigenvalue weighted by atomic mass is 16.5. The van der Waals surface area contributed by atoms with Crippen LogP contribution >= 0.6 is 0 Å². The van der Waals surface area contributed by atoms with E-state index in [9.17, 15) is 4.79 Å². The molecule has 144 valence electrons. The molecule has 0 aliphatic carbocycles. The molecule has 0 saturated heterocycles. The number of furan rings is 1. The van der Waals surface area contributed by atoms with Crippen molar-refractivity contribution in [2.24, 2.45) is 0 Å². The number of methoxy groups -OCH3 is 1. The number of benzene rings is 3. The number of hydrogen-bond acceptors (Lipinski definition) is 4. The number of carbonyl (C=O) groups excluding carboxylic acids is 1. The second-order valence-electron chi connectivity index (χ2n) is 6.93. The van der Waals surface area contributed by atoms with Gasteiger partial charge in [0, 0.05) is 16.8 Å². The number of ether oxygens (including phenoxy) is 1. The number of fused-ring (bicyclic) bond motifs is 4. The molecule has 5 rings (SSSR count). The zero-order valence-electron chi connectivity index (χ0n) is 16.1. The summed E-state index contributed by atoms with van der Waals surface area (Å²) < 4.78 is 13.4. The van der Waals surface area contributed by atoms with Gasteiger partial charge >= 0.3 is 0 Å². The van der Waals surface area contributed by atoms with E-state index in [1.807, 2.05) is 72.2 Å². The Bertz CT molecular complexity index is 1380. The molecule has 6 nitrogen and oxygen atoms in total. The molecule has 29 heavy (non-hydrogen) atoms. The molecule has 0 fully saturated rings. The smallest absolute Gasteiger partial charge is 0.244 e. The minimum absolute atomic E-state index is 0.160. The summed E-state index contributed by atoms with van der Waals surface area (Å²) in [5.74, 6) is 1.22. The number of nitrogens with one attached hydrogen (secondary N) is 1. The summed E-state index contributed by atoms with van der Waals surface area (Å²) in [6.45, 7) is 2.06. The maximum absolute atomic E-state index is 12.8. The summed E-state index contributed by atoms with van der Waals surface area (Å²) in [5, 5.41) is 4.92. The van der Waals surface area contributed by atoms with Crippen molar-refractivity contribution >= 4 is 44.6 Å². The predicted octanol–water partition coefficient (Wildman–Crippen LogP) is 4.89. The van der Waals surface area contributed by atoms with Gasteiger partial charge in [0.25, 0.3) is 0 Å². The second kappa shape index (κ2) is 6.67. The molecule has 2 heterocycles. The number of aromatic nitrogens is 2. The third-order valence-corrected chi connectivity index (χ3v) is 5.12. The molecular weight excluding hydrogens is 366 g/mol. The van der Waals surface area contributed by atoms with Gasteiger partial charge in [-0.1, -0.05) is 30.3 Å². The van der Waals surface area contributed by atoms with Gasteiger partial charge in [0.1, 0.15) is 29.3 Å². The molecule has 0 aliphatic heterocycles. The molecule has 1 N–H and O–H groups in total. The summed E-state index contributed by atoms with van der Waals surface area (Å²) in [7, 11) is 1.59. The van der Waals surface area contributed by atoms with Gasteiger partial charge < -0.3 is 19.0 Å². The summed E-state index contributed by atoms with van der Waals surface area (Å²) >= 11 is 0.